The van der Waals surface area contributed by atoms with E-state index in [4.69, 9.17) is 0 Å². The Morgan fingerprint density at radius 3 is 2.88 bits per heavy atom. The van der Waals surface area contributed by atoms with Gasteiger partial charge in [-0.25, -0.2) is 8.91 Å². The van der Waals surface area contributed by atoms with E-state index in [9.17, 15) is 14.0 Å². The van der Waals surface area contributed by atoms with Crippen LogP contribution in [0.15, 0.2) is 53.6 Å². The predicted molar refractivity (Wildman–Crippen MR) is 119 cm³/mol. The number of aromatic amines is 1. The molecule has 8 nitrogen and oxygen atoms in total. The van der Waals surface area contributed by atoms with Crippen molar-refractivity contribution < 1.29 is 9.18 Å². The van der Waals surface area contributed by atoms with E-state index in [0.717, 1.165) is 24.1 Å². The van der Waals surface area contributed by atoms with Crippen molar-refractivity contribution in [3.8, 4) is 0 Å². The molecule has 4 heterocycles. The lowest BCUT2D eigenvalue weighted by atomic mass is 10.0. The number of nitrogens with zero attached hydrogens (tertiary/aromatic N) is 4. The molecule has 0 radical (unpaired) electrons. The van der Waals surface area contributed by atoms with Gasteiger partial charge in [0.25, 0.3) is 11.5 Å². The fourth-order valence-electron chi connectivity index (χ4n) is 4.12. The highest BCUT2D eigenvalue weighted by Gasteiger charge is 2.17. The molecule has 0 bridgehead atoms. The molecule has 2 N–H and O–H groups in total. The monoisotopic (exact) mass is 432 g/mol. The Labute approximate surface area is 182 Å². The van der Waals surface area contributed by atoms with Crippen LogP contribution in [0.5, 0.6) is 0 Å². The molecule has 1 aliphatic rings. The van der Waals surface area contributed by atoms with Crippen molar-refractivity contribution in [2.75, 3.05) is 20.1 Å². The molecule has 1 aliphatic heterocycles. The Morgan fingerprint density at radius 2 is 2.16 bits per heavy atom. The van der Waals surface area contributed by atoms with Crippen molar-refractivity contribution in [1.82, 2.24) is 29.8 Å². The van der Waals surface area contributed by atoms with Gasteiger partial charge < -0.3 is 10.3 Å². The number of nitrogens with one attached hydrogen (secondary N) is 2. The van der Waals surface area contributed by atoms with Gasteiger partial charge in [0.1, 0.15) is 16.7 Å². The van der Waals surface area contributed by atoms with Crippen LogP contribution in [0, 0.1) is 5.82 Å². The Bertz CT molecular complexity index is 1420. The molecule has 0 saturated heterocycles. The molecular weight excluding hydrogens is 411 g/mol. The van der Waals surface area contributed by atoms with Gasteiger partial charge in [-0.1, -0.05) is 12.1 Å². The predicted octanol–water partition coefficient (Wildman–Crippen LogP) is 2.36. The number of fused-ring (bicyclic) bond motifs is 3. The number of amides is 1. The first-order valence-corrected chi connectivity index (χ1v) is 10.3. The minimum absolute atomic E-state index is 0.211. The largest absolute Gasteiger partial charge is 0.354 e. The van der Waals surface area contributed by atoms with Crippen molar-refractivity contribution in [3.05, 3.63) is 81.8 Å². The van der Waals surface area contributed by atoms with Crippen molar-refractivity contribution in [2.45, 2.75) is 13.0 Å². The van der Waals surface area contributed by atoms with E-state index in [1.54, 1.807) is 25.4 Å². The first kappa shape index (κ1) is 20.1. The van der Waals surface area contributed by atoms with Gasteiger partial charge in [0, 0.05) is 32.9 Å². The molecule has 32 heavy (non-hydrogen) atoms. The Hall–Kier alpha value is -3.85. The minimum Gasteiger partial charge on any atom is -0.354 e. The molecule has 5 rings (SSSR count). The summed E-state index contributed by atoms with van der Waals surface area (Å²) in [5, 5.41) is 6.64. The summed E-state index contributed by atoms with van der Waals surface area (Å²) in [6, 6.07) is 8.50. The minimum atomic E-state index is -0.419. The molecule has 0 spiro atoms. The standard InChI is InChI=1S/C23H21FN6O2/c1-25-22(31)18-3-2-16(12-26-18)15-5-8-29(9-6-15)13-14-10-17(24)21-19(11-14)28-23(32)20-4-7-27-30(20)21/h2-5,7,10-12H,6,8-9,13H2,1H3,(H,25,31)(H,28,32). The Balaban J connectivity index is 1.34. The van der Waals surface area contributed by atoms with Crippen LogP contribution in [-0.2, 0) is 6.54 Å². The maximum atomic E-state index is 14.9. The van der Waals surface area contributed by atoms with Crippen LogP contribution in [-0.4, -0.2) is 50.5 Å². The summed E-state index contributed by atoms with van der Waals surface area (Å²) >= 11 is 0. The molecule has 1 aromatic carbocycles. The van der Waals surface area contributed by atoms with Crippen LogP contribution in [0.25, 0.3) is 22.1 Å². The number of carbonyl (C=O) groups excluding carboxylic acids is 1. The molecule has 0 aliphatic carbocycles. The van der Waals surface area contributed by atoms with E-state index < -0.39 is 5.82 Å². The van der Waals surface area contributed by atoms with Gasteiger partial charge in [-0.3, -0.25) is 19.5 Å². The van der Waals surface area contributed by atoms with Crippen LogP contribution in [0.1, 0.15) is 28.0 Å². The lowest BCUT2D eigenvalue weighted by molar-refractivity contribution is 0.0958. The van der Waals surface area contributed by atoms with Gasteiger partial charge in [-0.2, -0.15) is 5.10 Å². The molecule has 162 valence electrons. The first-order valence-electron chi connectivity index (χ1n) is 10.3. The normalized spacial score (nSPS) is 14.6. The molecule has 0 saturated carbocycles. The molecule has 1 amide bonds. The maximum Gasteiger partial charge on any atom is 0.274 e. The zero-order chi connectivity index (χ0) is 22.2. The number of carbonyl (C=O) groups is 1. The summed E-state index contributed by atoms with van der Waals surface area (Å²) < 4.78 is 16.2. The van der Waals surface area contributed by atoms with E-state index in [-0.39, 0.29) is 17.0 Å². The van der Waals surface area contributed by atoms with Gasteiger partial charge in [0.15, 0.2) is 5.82 Å². The molecule has 0 fully saturated rings. The topological polar surface area (TPSA) is 95.4 Å². The summed E-state index contributed by atoms with van der Waals surface area (Å²) in [5.74, 6) is -0.629. The number of rotatable bonds is 4. The van der Waals surface area contributed by atoms with Crippen LogP contribution in [0.2, 0.25) is 0 Å². The SMILES string of the molecule is CNC(=O)c1ccc(C2=CCN(Cc3cc(F)c4c(c3)[nH]c(=O)c3ccnn34)CC2)cn1. The zero-order valence-corrected chi connectivity index (χ0v) is 17.4. The summed E-state index contributed by atoms with van der Waals surface area (Å²) in [6.45, 7) is 2.07. The quantitative estimate of drug-likeness (QED) is 0.516. The molecule has 9 heteroatoms. The molecular formula is C23H21FN6O2. The average molecular weight is 432 g/mol. The van der Waals surface area contributed by atoms with E-state index >= 15 is 0 Å². The van der Waals surface area contributed by atoms with Gasteiger partial charge in [0.05, 0.1) is 11.7 Å². The third-order valence-corrected chi connectivity index (χ3v) is 5.75. The Morgan fingerprint density at radius 1 is 1.28 bits per heavy atom. The fourth-order valence-corrected chi connectivity index (χ4v) is 4.12. The number of halogens is 1. The number of hydrogen-bond acceptors (Lipinski definition) is 5. The highest BCUT2D eigenvalue weighted by Crippen LogP contribution is 2.24. The van der Waals surface area contributed by atoms with Gasteiger partial charge >= 0.3 is 0 Å². The summed E-state index contributed by atoms with van der Waals surface area (Å²) in [5.41, 5.74) is 4.05. The van der Waals surface area contributed by atoms with Crippen molar-refractivity contribution in [1.29, 1.82) is 0 Å². The molecule has 0 atom stereocenters. The highest BCUT2D eigenvalue weighted by atomic mass is 19.1. The highest BCUT2D eigenvalue weighted by molar-refractivity contribution is 5.92. The second-order valence-electron chi connectivity index (χ2n) is 7.78. The number of pyridine rings is 1. The second-order valence-corrected chi connectivity index (χ2v) is 7.78. The lowest BCUT2D eigenvalue weighted by Gasteiger charge is -2.26. The second kappa shape index (κ2) is 8.01. The molecule has 3 aromatic heterocycles. The first-order chi connectivity index (χ1) is 15.5. The van der Waals surface area contributed by atoms with Crippen molar-refractivity contribution in [3.63, 3.8) is 0 Å². The van der Waals surface area contributed by atoms with E-state index in [2.05, 4.69) is 31.4 Å². The third kappa shape index (κ3) is 3.56. The van der Waals surface area contributed by atoms with E-state index in [1.165, 1.54) is 22.4 Å². The summed E-state index contributed by atoms with van der Waals surface area (Å²) in [6.07, 6.45) is 6.15. The fraction of sp³-hybridized carbons (Fsp3) is 0.217. The van der Waals surface area contributed by atoms with E-state index in [1.807, 2.05) is 12.1 Å². The lowest BCUT2D eigenvalue weighted by Crippen LogP contribution is -2.28. The number of hydrogen-bond donors (Lipinski definition) is 2. The molecule has 4 aromatic rings. The maximum absolute atomic E-state index is 14.9. The summed E-state index contributed by atoms with van der Waals surface area (Å²) in [7, 11) is 1.58. The zero-order valence-electron chi connectivity index (χ0n) is 17.4. The third-order valence-electron chi connectivity index (χ3n) is 5.75. The van der Waals surface area contributed by atoms with Crippen LogP contribution >= 0.6 is 0 Å². The van der Waals surface area contributed by atoms with E-state index in [0.29, 0.717) is 29.8 Å². The van der Waals surface area contributed by atoms with Crippen molar-refractivity contribution >= 4 is 28.0 Å². The smallest absolute Gasteiger partial charge is 0.274 e. The molecule has 0 unspecified atom stereocenters. The van der Waals surface area contributed by atoms with Crippen LogP contribution < -0.4 is 10.9 Å². The van der Waals surface area contributed by atoms with Gasteiger partial charge in [-0.05, 0) is 47.4 Å². The number of H-pyrrole nitrogens is 1. The number of aromatic nitrogens is 4. The van der Waals surface area contributed by atoms with Crippen LogP contribution in [0.3, 0.4) is 0 Å². The summed E-state index contributed by atoms with van der Waals surface area (Å²) in [4.78, 5) is 33.1. The van der Waals surface area contributed by atoms with Gasteiger partial charge in [0.2, 0.25) is 0 Å². The average Bonchev–Trinajstić information content (AvgIpc) is 3.29. The Kier molecular flexibility index (Phi) is 5.02. The van der Waals surface area contributed by atoms with Crippen LogP contribution in [0.4, 0.5) is 4.39 Å². The van der Waals surface area contributed by atoms with Gasteiger partial charge in [-0.15, -0.1) is 0 Å². The number of benzene rings is 1. The van der Waals surface area contributed by atoms with Crippen molar-refractivity contribution in [2.24, 2.45) is 0 Å².